The van der Waals surface area contributed by atoms with Gasteiger partial charge in [-0.15, -0.1) is 13.2 Å². The van der Waals surface area contributed by atoms with E-state index in [1.165, 1.54) is 32.5 Å². The smallest absolute Gasteiger partial charge is 0.495 e. The van der Waals surface area contributed by atoms with E-state index in [9.17, 15) is 30.8 Å². The molecule has 0 aliphatic rings. The third kappa shape index (κ3) is 7.06. The second kappa shape index (κ2) is 12.0. The number of aryl methyl sites for hydroxylation is 1. The van der Waals surface area contributed by atoms with Crippen molar-refractivity contribution in [2.75, 3.05) is 23.8 Å². The van der Waals surface area contributed by atoms with Crippen molar-refractivity contribution in [3.8, 4) is 22.6 Å². The summed E-state index contributed by atoms with van der Waals surface area (Å²) in [7, 11) is -1.68. The Balaban J connectivity index is 1.73. The molecule has 0 bridgehead atoms. The quantitative estimate of drug-likeness (QED) is 0.252. The molecule has 4 aromatic rings. The Morgan fingerprint density at radius 3 is 2.33 bits per heavy atom. The maximum Gasteiger partial charge on any atom is 0.573 e. The molecule has 0 saturated carbocycles. The predicted octanol–water partition coefficient (Wildman–Crippen LogP) is 5.31. The molecule has 0 atom stereocenters. The molecule has 2 aromatic carbocycles. The average Bonchev–Trinajstić information content (AvgIpc) is 2.94. The van der Waals surface area contributed by atoms with Crippen LogP contribution >= 0.6 is 0 Å². The normalized spacial score (nSPS) is 11.5. The number of benzene rings is 2. The first-order chi connectivity index (χ1) is 20.2. The number of carbonyl (C=O) groups excluding carboxylic acids is 1. The molecule has 2 heterocycles. The lowest BCUT2D eigenvalue weighted by molar-refractivity contribution is -0.275. The number of pyridine rings is 1. The van der Waals surface area contributed by atoms with Crippen LogP contribution in [-0.4, -0.2) is 49.9 Å². The van der Waals surface area contributed by atoms with E-state index >= 15 is 4.39 Å². The van der Waals surface area contributed by atoms with Crippen molar-refractivity contribution < 1.29 is 44.6 Å². The highest BCUT2D eigenvalue weighted by molar-refractivity contribution is 7.92. The number of nitrogens with zero attached hydrogens (tertiary/aromatic N) is 4. The Morgan fingerprint density at radius 2 is 1.72 bits per heavy atom. The lowest BCUT2D eigenvalue weighted by atomic mass is 10.0. The van der Waals surface area contributed by atoms with E-state index in [2.05, 4.69) is 29.7 Å². The third-order valence-corrected chi connectivity index (χ3v) is 7.01. The average molecular weight is 625 g/mol. The number of methoxy groups -OCH3 is 1. The van der Waals surface area contributed by atoms with Gasteiger partial charge in [-0.3, -0.25) is 4.72 Å². The molecular formula is C26H21F5N6O5S. The van der Waals surface area contributed by atoms with Crippen LogP contribution in [0.25, 0.3) is 11.1 Å². The Labute approximate surface area is 241 Å². The van der Waals surface area contributed by atoms with Crippen LogP contribution in [0.3, 0.4) is 0 Å². The molecule has 2 amide bonds. The summed E-state index contributed by atoms with van der Waals surface area (Å²) in [5, 5.41) is 2.36. The lowest BCUT2D eigenvalue weighted by Crippen LogP contribution is -2.35. The van der Waals surface area contributed by atoms with E-state index in [4.69, 9.17) is 4.74 Å². The minimum atomic E-state index is -5.19. The fourth-order valence-corrected chi connectivity index (χ4v) is 4.74. The molecule has 43 heavy (non-hydrogen) atoms. The zero-order chi connectivity index (χ0) is 31.5. The number of hydrogen-bond donors (Lipinski definition) is 2. The van der Waals surface area contributed by atoms with Gasteiger partial charge in [0.1, 0.15) is 33.9 Å². The highest BCUT2D eigenvalue weighted by Gasteiger charge is 2.33. The summed E-state index contributed by atoms with van der Waals surface area (Å²) >= 11 is 0. The Hall–Kier alpha value is -5.06. The van der Waals surface area contributed by atoms with Crippen LogP contribution in [-0.2, 0) is 10.0 Å². The van der Waals surface area contributed by atoms with Crippen molar-refractivity contribution >= 4 is 33.4 Å². The molecule has 0 fully saturated rings. The molecule has 0 unspecified atom stereocenters. The number of anilines is 3. The van der Waals surface area contributed by atoms with Gasteiger partial charge >= 0.3 is 12.4 Å². The number of rotatable bonds is 8. The van der Waals surface area contributed by atoms with Gasteiger partial charge in [-0.2, -0.15) is 0 Å². The highest BCUT2D eigenvalue weighted by atomic mass is 32.2. The number of urea groups is 1. The van der Waals surface area contributed by atoms with Gasteiger partial charge in [0.25, 0.3) is 10.0 Å². The van der Waals surface area contributed by atoms with Gasteiger partial charge < -0.3 is 14.8 Å². The predicted molar refractivity (Wildman–Crippen MR) is 143 cm³/mol. The Kier molecular flexibility index (Phi) is 8.65. The summed E-state index contributed by atoms with van der Waals surface area (Å²) < 4.78 is 104. The number of aromatic nitrogens is 3. The first-order valence-corrected chi connectivity index (χ1v) is 13.4. The molecule has 0 spiro atoms. The van der Waals surface area contributed by atoms with Crippen LogP contribution in [0.1, 0.15) is 5.82 Å². The molecule has 0 saturated heterocycles. The highest BCUT2D eigenvalue weighted by Crippen LogP contribution is 2.40. The van der Waals surface area contributed by atoms with Gasteiger partial charge in [0.2, 0.25) is 0 Å². The first-order valence-electron chi connectivity index (χ1n) is 12.0. The second-order valence-electron chi connectivity index (χ2n) is 8.53. The van der Waals surface area contributed by atoms with Crippen molar-refractivity contribution in [2.45, 2.75) is 18.2 Å². The number of halogens is 5. The molecule has 17 heteroatoms. The van der Waals surface area contributed by atoms with Crippen LogP contribution in [0, 0.1) is 18.6 Å². The topological polar surface area (TPSA) is 136 Å². The van der Waals surface area contributed by atoms with Gasteiger partial charge in [-0.25, -0.2) is 41.8 Å². The van der Waals surface area contributed by atoms with Crippen molar-refractivity contribution in [3.63, 3.8) is 0 Å². The van der Waals surface area contributed by atoms with Crippen LogP contribution in [0.4, 0.5) is 44.1 Å². The van der Waals surface area contributed by atoms with Crippen molar-refractivity contribution in [1.82, 2.24) is 20.3 Å². The number of hydrogen-bond acceptors (Lipinski definition) is 8. The zero-order valence-corrected chi connectivity index (χ0v) is 23.2. The summed E-state index contributed by atoms with van der Waals surface area (Å²) in [6.45, 7) is 1.57. The summed E-state index contributed by atoms with van der Waals surface area (Å²) in [6, 6.07) is 7.14. The SMILES string of the molecule is CNC(=O)N(c1ccc(S(=O)(=O)Nc2ccnc(C)n2)cn1)c1cc(F)c(-c2ccc(F)c(OC(F)(F)F)c2)cc1OC. The number of nitrogens with one attached hydrogen (secondary N) is 2. The fraction of sp³-hybridized carbons (Fsp3) is 0.154. The van der Waals surface area contributed by atoms with Crippen molar-refractivity contribution in [1.29, 1.82) is 0 Å². The minimum Gasteiger partial charge on any atom is -0.495 e. The standard InChI is InChI=1S/C26H21F5N6O5S/c1-14-33-9-8-23(35-14)36-43(39,40)16-5-7-24(34-13-16)37(25(38)32-2)20-12-19(28)17(11-22(20)41-3)15-4-6-18(27)21(10-15)42-26(29,30)31/h4-13H,1-3H3,(H,32,38)(H,33,35,36). The second-order valence-corrected chi connectivity index (χ2v) is 10.2. The molecule has 226 valence electrons. The van der Waals surface area contributed by atoms with E-state index in [0.717, 1.165) is 35.4 Å². The summed E-state index contributed by atoms with van der Waals surface area (Å²) in [5.74, 6) is -3.47. The van der Waals surface area contributed by atoms with Gasteiger partial charge in [-0.1, -0.05) is 6.07 Å². The van der Waals surface area contributed by atoms with Crippen LogP contribution in [0.2, 0.25) is 0 Å². The van der Waals surface area contributed by atoms with Crippen LogP contribution < -0.4 is 24.4 Å². The maximum atomic E-state index is 15.4. The molecule has 2 N–H and O–H groups in total. The molecule has 0 radical (unpaired) electrons. The molecule has 4 rings (SSSR count). The Bertz CT molecular complexity index is 1770. The summed E-state index contributed by atoms with van der Waals surface area (Å²) in [4.78, 5) is 25.4. The van der Waals surface area contributed by atoms with Gasteiger partial charge in [0, 0.05) is 31.1 Å². The van der Waals surface area contributed by atoms with Crippen LogP contribution in [0.5, 0.6) is 11.5 Å². The lowest BCUT2D eigenvalue weighted by Gasteiger charge is -2.24. The summed E-state index contributed by atoms with van der Waals surface area (Å²) in [6.07, 6.45) is -2.87. The minimum absolute atomic E-state index is 0.0158. The van der Waals surface area contributed by atoms with Gasteiger partial charge in [-0.05, 0) is 48.9 Å². The molecule has 0 aliphatic carbocycles. The van der Waals surface area contributed by atoms with E-state index in [1.54, 1.807) is 6.92 Å². The van der Waals surface area contributed by atoms with Crippen molar-refractivity contribution in [3.05, 3.63) is 78.4 Å². The zero-order valence-electron chi connectivity index (χ0n) is 22.4. The van der Waals surface area contributed by atoms with E-state index in [-0.39, 0.29) is 39.1 Å². The monoisotopic (exact) mass is 624 g/mol. The number of sulfonamides is 1. The van der Waals surface area contributed by atoms with E-state index < -0.39 is 39.8 Å². The Morgan fingerprint density at radius 1 is 0.977 bits per heavy atom. The van der Waals surface area contributed by atoms with Crippen LogP contribution in [0.15, 0.2) is 65.8 Å². The molecular weight excluding hydrogens is 603 g/mol. The largest absolute Gasteiger partial charge is 0.573 e. The number of carbonyl (C=O) groups is 1. The molecule has 0 aliphatic heterocycles. The summed E-state index contributed by atoms with van der Waals surface area (Å²) in [5.41, 5.74) is -0.687. The number of amides is 2. The number of alkyl halides is 3. The van der Waals surface area contributed by atoms with Gasteiger partial charge in [0.05, 0.1) is 12.8 Å². The number of ether oxygens (including phenoxy) is 2. The van der Waals surface area contributed by atoms with E-state index in [1.807, 2.05) is 0 Å². The maximum absolute atomic E-state index is 15.4. The first kappa shape index (κ1) is 30.9. The molecule has 11 nitrogen and oxygen atoms in total. The third-order valence-electron chi connectivity index (χ3n) is 5.67. The fourth-order valence-electron chi connectivity index (χ4n) is 3.80. The van der Waals surface area contributed by atoms with Gasteiger partial charge in [0.15, 0.2) is 11.6 Å². The van der Waals surface area contributed by atoms with E-state index in [0.29, 0.717) is 18.0 Å². The van der Waals surface area contributed by atoms with Crippen molar-refractivity contribution in [2.24, 2.45) is 0 Å². The molecule has 2 aromatic heterocycles.